The van der Waals surface area contributed by atoms with Crippen molar-refractivity contribution in [1.82, 2.24) is 15.2 Å². The number of rotatable bonds is 6. The first-order chi connectivity index (χ1) is 13.1. The molecule has 0 aliphatic rings. The van der Waals surface area contributed by atoms with Crippen molar-refractivity contribution in [2.24, 2.45) is 0 Å². The molecule has 1 aromatic heterocycles. The van der Waals surface area contributed by atoms with Gasteiger partial charge in [0.25, 0.3) is 5.91 Å². The fourth-order valence-corrected chi connectivity index (χ4v) is 3.26. The molecule has 0 radical (unpaired) electrons. The van der Waals surface area contributed by atoms with Crippen LogP contribution in [0.2, 0.25) is 0 Å². The Morgan fingerprint density at radius 1 is 1.18 bits per heavy atom. The zero-order valence-corrected chi connectivity index (χ0v) is 17.6. The number of carbonyl (C=O) groups is 3. The molecule has 2 amide bonds. The van der Waals surface area contributed by atoms with Crippen molar-refractivity contribution in [2.45, 2.75) is 33.2 Å². The van der Waals surface area contributed by atoms with E-state index in [2.05, 4.69) is 10.3 Å². The second-order valence-corrected chi connectivity index (χ2v) is 8.60. The van der Waals surface area contributed by atoms with Gasteiger partial charge in [-0.05, 0) is 27.7 Å². The fraction of sp³-hybridized carbons (Fsp3) is 0.400. The Balaban J connectivity index is 1.97. The van der Waals surface area contributed by atoms with Crippen LogP contribution in [-0.4, -0.2) is 53.4 Å². The number of hydrogen-bond acceptors (Lipinski definition) is 6. The van der Waals surface area contributed by atoms with E-state index in [-0.39, 0.29) is 18.0 Å². The zero-order chi connectivity index (χ0) is 20.9. The highest BCUT2D eigenvalue weighted by Gasteiger charge is 2.22. The van der Waals surface area contributed by atoms with Crippen LogP contribution in [0, 0.1) is 6.92 Å². The topological polar surface area (TPSA) is 88.6 Å². The van der Waals surface area contributed by atoms with E-state index in [1.165, 1.54) is 23.3 Å². The molecule has 2 aromatic rings. The molecule has 8 heteroatoms. The molecular formula is C20H25N3O4S. The molecule has 0 aliphatic heterocycles. The standard InChI is InChI=1S/C20H25N3O4S/c1-13-21-17(14-9-7-6-8-10-14)18(28-13)19(26)27-12-16(25)23(5)11-15(24)22-20(2,3)4/h6-10H,11-12H2,1-5H3,(H,22,24). The minimum absolute atomic E-state index is 0.109. The van der Waals surface area contributed by atoms with Gasteiger partial charge in [0.15, 0.2) is 6.61 Å². The summed E-state index contributed by atoms with van der Waals surface area (Å²) in [6.45, 7) is 6.83. The molecule has 28 heavy (non-hydrogen) atoms. The lowest BCUT2D eigenvalue weighted by Crippen LogP contribution is -2.46. The Labute approximate surface area is 168 Å². The number of thiazole rings is 1. The van der Waals surface area contributed by atoms with Crippen molar-refractivity contribution in [2.75, 3.05) is 20.2 Å². The summed E-state index contributed by atoms with van der Waals surface area (Å²) >= 11 is 1.22. The molecule has 1 aromatic carbocycles. The molecule has 0 saturated carbocycles. The first-order valence-electron chi connectivity index (χ1n) is 8.82. The quantitative estimate of drug-likeness (QED) is 0.749. The van der Waals surface area contributed by atoms with Crippen LogP contribution < -0.4 is 5.32 Å². The van der Waals surface area contributed by atoms with Gasteiger partial charge in [-0.2, -0.15) is 0 Å². The predicted molar refractivity (Wildman–Crippen MR) is 108 cm³/mol. The average Bonchev–Trinajstić information content (AvgIpc) is 3.00. The van der Waals surface area contributed by atoms with Crippen LogP contribution in [0.4, 0.5) is 0 Å². The fourth-order valence-electron chi connectivity index (χ4n) is 2.42. The second kappa shape index (κ2) is 8.97. The molecule has 0 fully saturated rings. The molecule has 150 valence electrons. The van der Waals surface area contributed by atoms with Crippen molar-refractivity contribution in [3.63, 3.8) is 0 Å². The van der Waals surface area contributed by atoms with Crippen LogP contribution >= 0.6 is 11.3 Å². The van der Waals surface area contributed by atoms with Gasteiger partial charge in [-0.1, -0.05) is 30.3 Å². The van der Waals surface area contributed by atoms with Gasteiger partial charge in [-0.15, -0.1) is 11.3 Å². The van der Waals surface area contributed by atoms with Crippen molar-refractivity contribution >= 4 is 29.1 Å². The smallest absolute Gasteiger partial charge is 0.351 e. The van der Waals surface area contributed by atoms with E-state index in [1.807, 2.05) is 51.1 Å². The third kappa shape index (κ3) is 6.16. The van der Waals surface area contributed by atoms with Gasteiger partial charge < -0.3 is 15.0 Å². The molecule has 1 heterocycles. The van der Waals surface area contributed by atoms with E-state index in [4.69, 9.17) is 4.74 Å². The van der Waals surface area contributed by atoms with Gasteiger partial charge in [0.05, 0.1) is 17.2 Å². The zero-order valence-electron chi connectivity index (χ0n) is 16.7. The highest BCUT2D eigenvalue weighted by Crippen LogP contribution is 2.28. The lowest BCUT2D eigenvalue weighted by molar-refractivity contribution is -0.137. The summed E-state index contributed by atoms with van der Waals surface area (Å²) in [6.07, 6.45) is 0. The summed E-state index contributed by atoms with van der Waals surface area (Å²) in [5, 5.41) is 3.51. The normalized spacial score (nSPS) is 11.0. The number of nitrogens with one attached hydrogen (secondary N) is 1. The maximum absolute atomic E-state index is 12.5. The number of amides is 2. The number of aryl methyl sites for hydroxylation is 1. The van der Waals surface area contributed by atoms with Crippen LogP contribution in [-0.2, 0) is 14.3 Å². The lowest BCUT2D eigenvalue weighted by Gasteiger charge is -2.23. The molecule has 0 spiro atoms. The van der Waals surface area contributed by atoms with Crippen LogP contribution in [0.3, 0.4) is 0 Å². The summed E-state index contributed by atoms with van der Waals surface area (Å²) in [4.78, 5) is 42.6. The van der Waals surface area contributed by atoms with E-state index in [1.54, 1.807) is 6.92 Å². The maximum atomic E-state index is 12.5. The summed E-state index contributed by atoms with van der Waals surface area (Å²) in [5.41, 5.74) is 0.963. The summed E-state index contributed by atoms with van der Waals surface area (Å²) in [7, 11) is 1.49. The van der Waals surface area contributed by atoms with E-state index < -0.39 is 18.5 Å². The van der Waals surface area contributed by atoms with Crippen LogP contribution in [0.15, 0.2) is 30.3 Å². The monoisotopic (exact) mass is 403 g/mol. The highest BCUT2D eigenvalue weighted by atomic mass is 32.1. The number of esters is 1. The lowest BCUT2D eigenvalue weighted by atomic mass is 10.1. The summed E-state index contributed by atoms with van der Waals surface area (Å²) in [6, 6.07) is 9.32. The first-order valence-corrected chi connectivity index (χ1v) is 9.63. The molecule has 7 nitrogen and oxygen atoms in total. The van der Waals surface area contributed by atoms with Crippen molar-refractivity contribution in [1.29, 1.82) is 0 Å². The molecule has 0 saturated heterocycles. The largest absolute Gasteiger partial charge is 0.451 e. The molecule has 0 unspecified atom stereocenters. The van der Waals surface area contributed by atoms with E-state index in [9.17, 15) is 14.4 Å². The molecular weight excluding hydrogens is 378 g/mol. The molecule has 1 N–H and O–H groups in total. The van der Waals surface area contributed by atoms with Gasteiger partial charge in [0.2, 0.25) is 5.91 Å². The molecule has 0 bridgehead atoms. The Kier molecular flexibility index (Phi) is 6.90. The molecule has 0 aliphatic carbocycles. The van der Waals surface area contributed by atoms with Gasteiger partial charge in [0.1, 0.15) is 4.88 Å². The Bertz CT molecular complexity index is 856. The second-order valence-electron chi connectivity index (χ2n) is 7.40. The third-order valence-corrected chi connectivity index (χ3v) is 4.57. The van der Waals surface area contributed by atoms with Crippen LogP contribution in [0.5, 0.6) is 0 Å². The van der Waals surface area contributed by atoms with E-state index >= 15 is 0 Å². The van der Waals surface area contributed by atoms with Crippen molar-refractivity contribution in [3.8, 4) is 11.3 Å². The van der Waals surface area contributed by atoms with Gasteiger partial charge in [-0.3, -0.25) is 9.59 Å². The molecule has 0 atom stereocenters. The Hall–Kier alpha value is -2.74. The number of carbonyl (C=O) groups excluding carboxylic acids is 3. The van der Waals surface area contributed by atoms with E-state index in [0.29, 0.717) is 10.6 Å². The van der Waals surface area contributed by atoms with Crippen molar-refractivity contribution < 1.29 is 19.1 Å². The number of ether oxygens (including phenoxy) is 1. The van der Waals surface area contributed by atoms with Gasteiger partial charge in [-0.25, -0.2) is 9.78 Å². The Morgan fingerprint density at radius 2 is 1.82 bits per heavy atom. The minimum atomic E-state index is -0.606. The minimum Gasteiger partial charge on any atom is -0.451 e. The van der Waals surface area contributed by atoms with Gasteiger partial charge in [0, 0.05) is 18.2 Å². The number of aromatic nitrogens is 1. The number of likely N-dealkylation sites (N-methyl/N-ethyl adjacent to an activating group) is 1. The predicted octanol–water partition coefficient (Wildman–Crippen LogP) is 2.65. The average molecular weight is 404 g/mol. The van der Waals surface area contributed by atoms with Crippen molar-refractivity contribution in [3.05, 3.63) is 40.2 Å². The summed E-state index contributed by atoms with van der Waals surface area (Å²) in [5.74, 6) is -1.34. The third-order valence-electron chi connectivity index (χ3n) is 3.61. The summed E-state index contributed by atoms with van der Waals surface area (Å²) < 4.78 is 5.18. The maximum Gasteiger partial charge on any atom is 0.351 e. The molecule has 2 rings (SSSR count). The van der Waals surface area contributed by atoms with E-state index in [0.717, 1.165) is 10.6 Å². The van der Waals surface area contributed by atoms with Crippen LogP contribution in [0.1, 0.15) is 35.5 Å². The van der Waals surface area contributed by atoms with Gasteiger partial charge >= 0.3 is 5.97 Å². The SMILES string of the molecule is Cc1nc(-c2ccccc2)c(C(=O)OCC(=O)N(C)CC(=O)NC(C)(C)C)s1. The highest BCUT2D eigenvalue weighted by molar-refractivity contribution is 7.14. The Morgan fingerprint density at radius 3 is 2.43 bits per heavy atom. The first kappa shape index (κ1) is 21.6. The van der Waals surface area contributed by atoms with Crippen LogP contribution in [0.25, 0.3) is 11.3 Å². The number of nitrogens with zero attached hydrogens (tertiary/aromatic N) is 2. The number of hydrogen-bond donors (Lipinski definition) is 1. The number of benzene rings is 1.